The highest BCUT2D eigenvalue weighted by Gasteiger charge is 2.44. The van der Waals surface area contributed by atoms with Crippen molar-refractivity contribution in [2.75, 3.05) is 19.6 Å². The fourth-order valence-electron chi connectivity index (χ4n) is 2.67. The van der Waals surface area contributed by atoms with Gasteiger partial charge in [-0.15, -0.1) is 0 Å². The van der Waals surface area contributed by atoms with E-state index >= 15 is 0 Å². The number of halogens is 3. The maximum absolute atomic E-state index is 12.7. The predicted molar refractivity (Wildman–Crippen MR) is 71.7 cm³/mol. The van der Waals surface area contributed by atoms with E-state index in [2.05, 4.69) is 10.6 Å². The third-order valence-corrected chi connectivity index (χ3v) is 4.20. The molecule has 114 valence electrons. The minimum atomic E-state index is -4.33. The van der Waals surface area contributed by atoms with Crippen LogP contribution in [0.15, 0.2) is 24.3 Å². The first-order valence-corrected chi connectivity index (χ1v) is 7.11. The number of benzene rings is 1. The van der Waals surface area contributed by atoms with Gasteiger partial charge < -0.3 is 10.6 Å². The smallest absolute Gasteiger partial charge is 0.355 e. The average Bonchev–Trinajstić information content (AvgIpc) is 3.16. The highest BCUT2D eigenvalue weighted by molar-refractivity contribution is 5.82. The molecule has 0 bridgehead atoms. The van der Waals surface area contributed by atoms with Crippen molar-refractivity contribution in [1.82, 2.24) is 10.6 Å². The van der Waals surface area contributed by atoms with Gasteiger partial charge in [0.2, 0.25) is 5.91 Å². The number of hydrogen-bond acceptors (Lipinski definition) is 2. The minimum absolute atomic E-state index is 0.0377. The molecule has 3 rings (SSSR count). The maximum Gasteiger partial charge on any atom is 0.416 e. The second-order valence-electron chi connectivity index (χ2n) is 5.84. The van der Waals surface area contributed by atoms with Crippen LogP contribution in [0.4, 0.5) is 13.2 Å². The van der Waals surface area contributed by atoms with Crippen molar-refractivity contribution < 1.29 is 18.0 Å². The highest BCUT2D eigenvalue weighted by Crippen LogP contribution is 2.48. The third kappa shape index (κ3) is 3.20. The summed E-state index contributed by atoms with van der Waals surface area (Å²) in [7, 11) is 0. The first kappa shape index (κ1) is 14.4. The number of hydrogen-bond donors (Lipinski definition) is 2. The summed E-state index contributed by atoms with van der Waals surface area (Å²) < 4.78 is 38.0. The first-order chi connectivity index (χ1) is 9.95. The van der Waals surface area contributed by atoms with E-state index in [0.717, 1.165) is 25.2 Å². The zero-order chi connectivity index (χ0) is 15.0. The molecule has 1 amide bonds. The Morgan fingerprint density at radius 3 is 2.71 bits per heavy atom. The molecule has 1 aromatic carbocycles. The molecule has 1 saturated heterocycles. The Bertz CT molecular complexity index is 540. The monoisotopic (exact) mass is 298 g/mol. The summed E-state index contributed by atoms with van der Waals surface area (Å²) in [6, 6.07) is 5.30. The molecular formula is C15H17F3N2O. The van der Waals surface area contributed by atoms with E-state index in [1.807, 2.05) is 0 Å². The molecule has 2 N–H and O–H groups in total. The normalized spacial score (nSPS) is 25.3. The Balaban J connectivity index is 1.58. The van der Waals surface area contributed by atoms with E-state index in [0.29, 0.717) is 24.4 Å². The molecular weight excluding hydrogens is 281 g/mol. The molecule has 1 heterocycles. The van der Waals surface area contributed by atoms with Crippen LogP contribution < -0.4 is 10.6 Å². The van der Waals surface area contributed by atoms with Gasteiger partial charge >= 0.3 is 6.18 Å². The molecule has 6 heteroatoms. The van der Waals surface area contributed by atoms with Crippen molar-refractivity contribution in [2.24, 2.45) is 11.8 Å². The Labute approximate surface area is 120 Å². The Morgan fingerprint density at radius 1 is 1.33 bits per heavy atom. The van der Waals surface area contributed by atoms with Crippen molar-refractivity contribution in [3.05, 3.63) is 35.4 Å². The highest BCUT2D eigenvalue weighted by atomic mass is 19.4. The summed E-state index contributed by atoms with van der Waals surface area (Å²) >= 11 is 0. The third-order valence-electron chi connectivity index (χ3n) is 4.20. The van der Waals surface area contributed by atoms with Gasteiger partial charge in [0.1, 0.15) is 0 Å². The van der Waals surface area contributed by atoms with Crippen LogP contribution in [0.2, 0.25) is 0 Å². The lowest BCUT2D eigenvalue weighted by atomic mass is 10.0. The van der Waals surface area contributed by atoms with Crippen molar-refractivity contribution >= 4 is 5.91 Å². The lowest BCUT2D eigenvalue weighted by molar-refractivity contribution is -0.137. The van der Waals surface area contributed by atoms with Crippen LogP contribution in [0.5, 0.6) is 0 Å². The van der Waals surface area contributed by atoms with Gasteiger partial charge in [0.15, 0.2) is 0 Å². The molecule has 3 nitrogen and oxygen atoms in total. The van der Waals surface area contributed by atoms with Gasteiger partial charge in [0, 0.05) is 31.5 Å². The summed E-state index contributed by atoms with van der Waals surface area (Å²) in [4.78, 5) is 12.0. The molecule has 1 saturated carbocycles. The molecule has 1 aliphatic heterocycles. The van der Waals surface area contributed by atoms with Crippen molar-refractivity contribution in [3.8, 4) is 0 Å². The lowest BCUT2D eigenvalue weighted by Crippen LogP contribution is -2.48. The molecule has 2 aliphatic rings. The van der Waals surface area contributed by atoms with Crippen LogP contribution in [-0.4, -0.2) is 25.5 Å². The Morgan fingerprint density at radius 2 is 2.10 bits per heavy atom. The Hall–Kier alpha value is -1.56. The molecule has 21 heavy (non-hydrogen) atoms. The van der Waals surface area contributed by atoms with Crippen LogP contribution in [0.25, 0.3) is 0 Å². The quantitative estimate of drug-likeness (QED) is 0.894. The average molecular weight is 298 g/mol. The van der Waals surface area contributed by atoms with E-state index in [1.165, 1.54) is 6.07 Å². The second-order valence-corrected chi connectivity index (χ2v) is 5.84. The zero-order valence-electron chi connectivity index (χ0n) is 11.4. The van der Waals surface area contributed by atoms with Crippen LogP contribution in [0, 0.1) is 11.8 Å². The molecule has 0 aromatic heterocycles. The maximum atomic E-state index is 12.7. The van der Waals surface area contributed by atoms with E-state index in [9.17, 15) is 18.0 Å². The van der Waals surface area contributed by atoms with Gasteiger partial charge in [-0.1, -0.05) is 18.2 Å². The van der Waals surface area contributed by atoms with Crippen LogP contribution in [0.3, 0.4) is 0 Å². The molecule has 0 spiro atoms. The number of amides is 1. The van der Waals surface area contributed by atoms with Gasteiger partial charge in [0.05, 0.1) is 5.56 Å². The SMILES string of the molecule is O=C(NCC1CNC1)C1CC1c1cccc(C(F)(F)F)c1. The predicted octanol–water partition coefficient (Wildman–Crippen LogP) is 2.14. The van der Waals surface area contributed by atoms with Crippen LogP contribution in [0.1, 0.15) is 23.5 Å². The van der Waals surface area contributed by atoms with E-state index in [-0.39, 0.29) is 17.7 Å². The molecule has 0 radical (unpaired) electrons. The number of nitrogens with one attached hydrogen (secondary N) is 2. The van der Waals surface area contributed by atoms with Crippen molar-refractivity contribution in [3.63, 3.8) is 0 Å². The zero-order valence-corrected chi connectivity index (χ0v) is 11.4. The molecule has 1 aliphatic carbocycles. The summed E-state index contributed by atoms with van der Waals surface area (Å²) in [6.07, 6.45) is -3.70. The standard InChI is InChI=1S/C15H17F3N2O/c16-15(17,18)11-3-1-2-10(4-11)12-5-13(12)14(21)20-8-9-6-19-7-9/h1-4,9,12-13,19H,5-8H2,(H,20,21). The summed E-state index contributed by atoms with van der Waals surface area (Å²) in [5.74, 6) is 0.192. The summed E-state index contributed by atoms with van der Waals surface area (Å²) in [5, 5.41) is 6.02. The van der Waals surface area contributed by atoms with Gasteiger partial charge in [0.25, 0.3) is 0 Å². The molecule has 1 aromatic rings. The number of carbonyl (C=O) groups excluding carboxylic acids is 1. The van der Waals surface area contributed by atoms with Crippen LogP contribution >= 0.6 is 0 Å². The number of rotatable bonds is 4. The topological polar surface area (TPSA) is 41.1 Å². The summed E-state index contributed by atoms with van der Waals surface area (Å²) in [6.45, 7) is 2.49. The fourth-order valence-corrected chi connectivity index (χ4v) is 2.67. The second kappa shape index (κ2) is 5.33. The van der Waals surface area contributed by atoms with Gasteiger partial charge in [-0.2, -0.15) is 13.2 Å². The number of alkyl halides is 3. The molecule has 2 unspecified atom stereocenters. The molecule has 2 atom stereocenters. The van der Waals surface area contributed by atoms with E-state index < -0.39 is 11.7 Å². The van der Waals surface area contributed by atoms with E-state index in [1.54, 1.807) is 6.07 Å². The van der Waals surface area contributed by atoms with Gasteiger partial charge in [-0.3, -0.25) is 4.79 Å². The lowest BCUT2D eigenvalue weighted by Gasteiger charge is -2.27. The largest absolute Gasteiger partial charge is 0.416 e. The van der Waals surface area contributed by atoms with Gasteiger partial charge in [-0.25, -0.2) is 0 Å². The fraction of sp³-hybridized carbons (Fsp3) is 0.533. The first-order valence-electron chi connectivity index (χ1n) is 7.11. The summed E-state index contributed by atoms with van der Waals surface area (Å²) in [5.41, 5.74) is -0.0399. The van der Waals surface area contributed by atoms with Crippen molar-refractivity contribution in [1.29, 1.82) is 0 Å². The Kier molecular flexibility index (Phi) is 3.65. The number of carbonyl (C=O) groups is 1. The van der Waals surface area contributed by atoms with Crippen LogP contribution in [-0.2, 0) is 11.0 Å². The molecule has 2 fully saturated rings. The minimum Gasteiger partial charge on any atom is -0.355 e. The van der Waals surface area contributed by atoms with E-state index in [4.69, 9.17) is 0 Å². The van der Waals surface area contributed by atoms with Crippen molar-refractivity contribution in [2.45, 2.75) is 18.5 Å². The van der Waals surface area contributed by atoms with Gasteiger partial charge in [-0.05, 0) is 24.0 Å².